The molecule has 0 unspecified atom stereocenters. The van der Waals surface area contributed by atoms with Crippen molar-refractivity contribution in [2.24, 2.45) is 5.73 Å². The first-order valence-corrected chi connectivity index (χ1v) is 13.8. The molecule has 0 saturated carbocycles. The molecule has 0 aromatic carbocycles. The zero-order chi connectivity index (χ0) is 28.8. The predicted molar refractivity (Wildman–Crippen MR) is 148 cm³/mol. The molecule has 3 N–H and O–H groups in total. The van der Waals surface area contributed by atoms with Crippen molar-refractivity contribution in [2.75, 3.05) is 79.8 Å². The molecule has 10 nitrogen and oxygen atoms in total. The Labute approximate surface area is 226 Å². The van der Waals surface area contributed by atoms with Gasteiger partial charge in [-0.1, -0.05) is 41.0 Å². The van der Waals surface area contributed by atoms with E-state index >= 15 is 0 Å². The summed E-state index contributed by atoms with van der Waals surface area (Å²) >= 11 is 0. The Morgan fingerprint density at radius 2 is 0.973 bits per heavy atom. The third-order valence-electron chi connectivity index (χ3n) is 4.07. The monoisotopic (exact) mass is 541 g/mol. The lowest BCUT2D eigenvalue weighted by molar-refractivity contribution is -0.137. The van der Waals surface area contributed by atoms with Gasteiger partial charge in [-0.3, -0.25) is 9.59 Å². The molecule has 0 spiro atoms. The average molecular weight is 542 g/mol. The Bertz CT molecular complexity index is 393. The molecule has 37 heavy (non-hydrogen) atoms. The summed E-state index contributed by atoms with van der Waals surface area (Å²) < 4.78 is 31.9. The number of ether oxygens (including phenoxy) is 6. The lowest BCUT2D eigenvalue weighted by atomic mass is 10.2. The minimum absolute atomic E-state index is 0.245. The van der Waals surface area contributed by atoms with E-state index in [1.165, 1.54) is 0 Å². The van der Waals surface area contributed by atoms with Crippen LogP contribution in [0.5, 0.6) is 0 Å². The summed E-state index contributed by atoms with van der Waals surface area (Å²) in [6, 6.07) is 0. The first-order valence-electron chi connectivity index (χ1n) is 13.8. The van der Waals surface area contributed by atoms with Crippen LogP contribution in [0.2, 0.25) is 0 Å². The summed E-state index contributed by atoms with van der Waals surface area (Å²) in [6.45, 7) is 17.2. The predicted octanol–water partition coefficient (Wildman–Crippen LogP) is 4.47. The fourth-order valence-corrected chi connectivity index (χ4v) is 2.06. The van der Waals surface area contributed by atoms with Crippen LogP contribution in [0.1, 0.15) is 86.0 Å². The van der Waals surface area contributed by atoms with Crippen LogP contribution in [0.25, 0.3) is 0 Å². The standard InChI is InChI=1S/C17H36O6.C5H10O2.C3H7NO.C2H6/c1-3-7-19-8-5-4-6-9-20-12-13-22-16-17-23-15-14-21-11-10-18-2;1-2-3-4-5(6)7;1-2-3(4)5;1-2/h3-17H2,1-2H3;2-4H2,1H3,(H,6,7);2H2,1H3,(H2,4,5);1-2H3. The number of hydrogen-bond acceptors (Lipinski definition) is 8. The zero-order valence-electron chi connectivity index (χ0n) is 24.7. The maximum atomic E-state index is 9.76. The average Bonchev–Trinajstić information content (AvgIpc) is 2.90. The quantitative estimate of drug-likeness (QED) is 0.170. The highest BCUT2D eigenvalue weighted by Crippen LogP contribution is 1.97. The topological polar surface area (TPSA) is 136 Å². The van der Waals surface area contributed by atoms with Crippen LogP contribution < -0.4 is 5.73 Å². The number of primary amides is 1. The van der Waals surface area contributed by atoms with Crippen molar-refractivity contribution in [3.63, 3.8) is 0 Å². The molecule has 0 saturated heterocycles. The van der Waals surface area contributed by atoms with Gasteiger partial charge in [-0.25, -0.2) is 0 Å². The second-order valence-electron chi connectivity index (χ2n) is 7.43. The normalized spacial score (nSPS) is 9.78. The number of carboxylic acid groups (broad SMARTS) is 1. The van der Waals surface area contributed by atoms with Gasteiger partial charge in [0.05, 0.1) is 52.9 Å². The van der Waals surface area contributed by atoms with Gasteiger partial charge < -0.3 is 39.3 Å². The Morgan fingerprint density at radius 1 is 0.595 bits per heavy atom. The number of rotatable bonds is 24. The number of carbonyl (C=O) groups excluding carboxylic acids is 1. The molecule has 0 rings (SSSR count). The second kappa shape index (κ2) is 44.7. The number of hydrogen-bond donors (Lipinski definition) is 2. The van der Waals surface area contributed by atoms with Crippen LogP contribution in [-0.4, -0.2) is 96.8 Å². The highest BCUT2D eigenvalue weighted by atomic mass is 16.6. The number of nitrogens with two attached hydrogens (primary N) is 1. The summed E-state index contributed by atoms with van der Waals surface area (Å²) in [7, 11) is 1.66. The smallest absolute Gasteiger partial charge is 0.303 e. The Morgan fingerprint density at radius 3 is 1.27 bits per heavy atom. The van der Waals surface area contributed by atoms with E-state index in [4.69, 9.17) is 33.5 Å². The van der Waals surface area contributed by atoms with Gasteiger partial charge >= 0.3 is 5.97 Å². The van der Waals surface area contributed by atoms with Gasteiger partial charge in [0.1, 0.15) is 0 Å². The molecule has 0 aliphatic carbocycles. The minimum Gasteiger partial charge on any atom is -0.481 e. The molecule has 0 aliphatic rings. The van der Waals surface area contributed by atoms with Crippen molar-refractivity contribution in [2.45, 2.75) is 86.0 Å². The van der Waals surface area contributed by atoms with Gasteiger partial charge in [0.25, 0.3) is 0 Å². The molecule has 0 fully saturated rings. The maximum absolute atomic E-state index is 9.76. The van der Waals surface area contributed by atoms with E-state index in [0.717, 1.165) is 58.3 Å². The van der Waals surface area contributed by atoms with Crippen molar-refractivity contribution in [1.82, 2.24) is 0 Å². The molecule has 0 heterocycles. The summed E-state index contributed by atoms with van der Waals surface area (Å²) in [5.74, 6) is -0.938. The maximum Gasteiger partial charge on any atom is 0.303 e. The van der Waals surface area contributed by atoms with E-state index < -0.39 is 5.97 Å². The highest BCUT2D eigenvalue weighted by Gasteiger charge is 1.94. The van der Waals surface area contributed by atoms with Gasteiger partial charge in [-0.2, -0.15) is 0 Å². The van der Waals surface area contributed by atoms with Crippen LogP contribution in [-0.2, 0) is 38.0 Å². The van der Waals surface area contributed by atoms with E-state index in [0.29, 0.717) is 65.7 Å². The Balaban J connectivity index is -0.000000318. The van der Waals surface area contributed by atoms with Gasteiger partial charge in [0.2, 0.25) is 5.91 Å². The van der Waals surface area contributed by atoms with Gasteiger partial charge in [0.15, 0.2) is 0 Å². The molecule has 1 amide bonds. The minimum atomic E-state index is -0.693. The van der Waals surface area contributed by atoms with Crippen molar-refractivity contribution < 1.29 is 43.1 Å². The van der Waals surface area contributed by atoms with Crippen LogP contribution in [0, 0.1) is 0 Å². The summed E-state index contributed by atoms with van der Waals surface area (Å²) in [5.41, 5.74) is 4.65. The van der Waals surface area contributed by atoms with E-state index in [9.17, 15) is 9.59 Å². The molecule has 0 radical (unpaired) electrons. The highest BCUT2D eigenvalue weighted by molar-refractivity contribution is 5.73. The van der Waals surface area contributed by atoms with Gasteiger partial charge in [-0.15, -0.1) is 0 Å². The summed E-state index contributed by atoms with van der Waals surface area (Å²) in [4.78, 5) is 19.3. The number of carbonyl (C=O) groups is 2. The van der Waals surface area contributed by atoms with Crippen LogP contribution in [0.3, 0.4) is 0 Å². The molecular weight excluding hydrogens is 482 g/mol. The third kappa shape index (κ3) is 60.8. The lowest BCUT2D eigenvalue weighted by Crippen LogP contribution is -2.13. The fraction of sp³-hybridized carbons (Fsp3) is 0.926. The summed E-state index contributed by atoms with van der Waals surface area (Å²) in [6.07, 6.45) is 6.98. The zero-order valence-corrected chi connectivity index (χ0v) is 24.7. The molecule has 0 aromatic rings. The molecule has 0 atom stereocenters. The van der Waals surface area contributed by atoms with Gasteiger partial charge in [-0.05, 0) is 32.1 Å². The molecule has 226 valence electrons. The first kappa shape index (κ1) is 42.8. The SMILES string of the molecule is CC.CCC(N)=O.CCCCC(=O)O.CCCOCCCCCOCCOCCOCCOCCOC. The van der Waals surface area contributed by atoms with Crippen LogP contribution in [0.4, 0.5) is 0 Å². The van der Waals surface area contributed by atoms with E-state index in [2.05, 4.69) is 12.7 Å². The number of methoxy groups -OCH3 is 1. The number of carboxylic acids is 1. The number of aliphatic carboxylic acids is 1. The van der Waals surface area contributed by atoms with Crippen molar-refractivity contribution >= 4 is 11.9 Å². The largest absolute Gasteiger partial charge is 0.481 e. The third-order valence-corrected chi connectivity index (χ3v) is 4.07. The van der Waals surface area contributed by atoms with Gasteiger partial charge in [0, 0.05) is 39.8 Å². The number of amides is 1. The Kier molecular flexibility index (Phi) is 51.7. The molecular formula is C27H59NO9. The Hall–Kier alpha value is -1.30. The first-order chi connectivity index (χ1) is 18.0. The van der Waals surface area contributed by atoms with Crippen LogP contribution in [0.15, 0.2) is 0 Å². The van der Waals surface area contributed by atoms with E-state index in [-0.39, 0.29) is 5.91 Å². The molecule has 0 aromatic heterocycles. The fourth-order valence-electron chi connectivity index (χ4n) is 2.06. The van der Waals surface area contributed by atoms with Crippen molar-refractivity contribution in [3.05, 3.63) is 0 Å². The van der Waals surface area contributed by atoms with E-state index in [1.807, 2.05) is 20.8 Å². The molecule has 0 bridgehead atoms. The van der Waals surface area contributed by atoms with Crippen molar-refractivity contribution in [1.29, 1.82) is 0 Å². The van der Waals surface area contributed by atoms with Crippen molar-refractivity contribution in [3.8, 4) is 0 Å². The summed E-state index contributed by atoms with van der Waals surface area (Å²) in [5, 5.41) is 8.04. The second-order valence-corrected chi connectivity index (χ2v) is 7.43. The lowest BCUT2D eigenvalue weighted by Gasteiger charge is -2.07. The van der Waals surface area contributed by atoms with Crippen LogP contribution >= 0.6 is 0 Å². The molecule has 10 heteroatoms. The number of unbranched alkanes of at least 4 members (excludes halogenated alkanes) is 3. The van der Waals surface area contributed by atoms with E-state index in [1.54, 1.807) is 14.0 Å². The molecule has 0 aliphatic heterocycles.